The first-order valence-electron chi connectivity index (χ1n) is 11.5. The van der Waals surface area contributed by atoms with Crippen molar-refractivity contribution >= 4 is 11.6 Å². The molecule has 3 aromatic rings. The first-order chi connectivity index (χ1) is 15.6. The Kier molecular flexibility index (Phi) is 7.40. The van der Waals surface area contributed by atoms with Crippen molar-refractivity contribution in [2.75, 3.05) is 13.1 Å². The topological polar surface area (TPSA) is 64.2 Å². The van der Waals surface area contributed by atoms with E-state index in [0.29, 0.717) is 13.1 Å². The van der Waals surface area contributed by atoms with E-state index in [1.165, 1.54) is 5.56 Å². The molecule has 0 radical (unpaired) electrons. The van der Waals surface area contributed by atoms with Crippen LogP contribution in [-0.2, 0) is 25.9 Å². The van der Waals surface area contributed by atoms with Crippen LogP contribution in [0.25, 0.3) is 0 Å². The van der Waals surface area contributed by atoms with Crippen LogP contribution >= 0.6 is 11.6 Å². The van der Waals surface area contributed by atoms with Crippen molar-refractivity contribution in [1.82, 2.24) is 14.5 Å². The second kappa shape index (κ2) is 10.4. The lowest BCUT2D eigenvalue weighted by Crippen LogP contribution is -2.38. The van der Waals surface area contributed by atoms with Gasteiger partial charge in [-0.15, -0.1) is 0 Å². The quantitative estimate of drug-likeness (QED) is 0.526. The Labute approximate surface area is 194 Å². The van der Waals surface area contributed by atoms with Crippen LogP contribution in [0.2, 0.25) is 5.02 Å². The number of benzene rings is 2. The predicted octanol–water partition coefficient (Wildman–Crippen LogP) is 4.35. The van der Waals surface area contributed by atoms with Gasteiger partial charge in [-0.05, 0) is 48.9 Å². The standard InChI is InChI=1S/C26H31ClN4O/c1-2-24(30(16-15-28)17-20-11-13-21(27)14-12-20)25-29-23-10-6-9-22(23)26(32)31(25)18-19-7-4-3-5-8-19/h3-5,7-8,11-14,24H,2,6,9-10,15-18,28H2,1H3. The van der Waals surface area contributed by atoms with Gasteiger partial charge in [0.15, 0.2) is 0 Å². The number of fused-ring (bicyclic) bond motifs is 1. The molecule has 1 atom stereocenters. The SMILES string of the molecule is CCC(c1nc2c(c(=O)n1Cc1ccccc1)CCC2)N(CCN)Cc1ccc(Cl)cc1. The first kappa shape index (κ1) is 22.7. The molecular weight excluding hydrogens is 420 g/mol. The number of halogens is 1. The van der Waals surface area contributed by atoms with Crippen molar-refractivity contribution in [1.29, 1.82) is 0 Å². The number of aryl methyl sites for hydroxylation is 1. The summed E-state index contributed by atoms with van der Waals surface area (Å²) in [4.78, 5) is 21.0. The molecule has 5 nitrogen and oxygen atoms in total. The number of hydrogen-bond donors (Lipinski definition) is 1. The molecule has 1 heterocycles. The van der Waals surface area contributed by atoms with Gasteiger partial charge in [0.25, 0.3) is 5.56 Å². The number of nitrogens with two attached hydrogens (primary N) is 1. The maximum Gasteiger partial charge on any atom is 0.257 e. The summed E-state index contributed by atoms with van der Waals surface area (Å²) in [7, 11) is 0. The fourth-order valence-corrected chi connectivity index (χ4v) is 4.79. The zero-order chi connectivity index (χ0) is 22.5. The number of nitrogens with zero attached hydrogens (tertiary/aromatic N) is 3. The van der Waals surface area contributed by atoms with Crippen molar-refractivity contribution in [2.24, 2.45) is 5.73 Å². The van der Waals surface area contributed by atoms with Crippen molar-refractivity contribution in [3.05, 3.63) is 98.2 Å². The van der Waals surface area contributed by atoms with Crippen LogP contribution in [0.1, 0.15) is 54.0 Å². The summed E-state index contributed by atoms with van der Waals surface area (Å²) in [5.41, 5.74) is 10.3. The molecule has 32 heavy (non-hydrogen) atoms. The molecule has 0 spiro atoms. The van der Waals surface area contributed by atoms with E-state index >= 15 is 0 Å². The molecule has 2 aromatic carbocycles. The van der Waals surface area contributed by atoms with Gasteiger partial charge in [-0.3, -0.25) is 14.3 Å². The summed E-state index contributed by atoms with van der Waals surface area (Å²) in [6.45, 7) is 4.67. The average molecular weight is 451 g/mol. The lowest BCUT2D eigenvalue weighted by atomic mass is 10.1. The third-order valence-electron chi connectivity index (χ3n) is 6.24. The minimum absolute atomic E-state index is 0.00320. The minimum Gasteiger partial charge on any atom is -0.329 e. The van der Waals surface area contributed by atoms with Crippen molar-refractivity contribution < 1.29 is 0 Å². The molecule has 0 bridgehead atoms. The van der Waals surface area contributed by atoms with E-state index in [1.54, 1.807) is 0 Å². The summed E-state index contributed by atoms with van der Waals surface area (Å²) >= 11 is 6.08. The second-order valence-electron chi connectivity index (χ2n) is 8.44. The van der Waals surface area contributed by atoms with Crippen molar-refractivity contribution in [3.8, 4) is 0 Å². The Morgan fingerprint density at radius 1 is 1.09 bits per heavy atom. The highest BCUT2D eigenvalue weighted by Crippen LogP contribution is 2.27. The maximum absolute atomic E-state index is 13.5. The molecule has 0 saturated carbocycles. The van der Waals surface area contributed by atoms with Crippen LogP contribution in [0.5, 0.6) is 0 Å². The highest BCUT2D eigenvalue weighted by atomic mass is 35.5. The summed E-state index contributed by atoms with van der Waals surface area (Å²) in [5, 5.41) is 0.725. The van der Waals surface area contributed by atoms with E-state index < -0.39 is 0 Å². The molecule has 4 rings (SSSR count). The van der Waals surface area contributed by atoms with Gasteiger partial charge in [-0.1, -0.05) is 61.0 Å². The number of aromatic nitrogens is 2. The van der Waals surface area contributed by atoms with E-state index in [0.717, 1.165) is 66.4 Å². The smallest absolute Gasteiger partial charge is 0.257 e. The van der Waals surface area contributed by atoms with Gasteiger partial charge in [0.2, 0.25) is 0 Å². The van der Waals surface area contributed by atoms with Gasteiger partial charge in [0, 0.05) is 30.2 Å². The fraction of sp³-hybridized carbons (Fsp3) is 0.385. The molecule has 0 saturated heterocycles. The Balaban J connectivity index is 1.76. The van der Waals surface area contributed by atoms with Crippen LogP contribution in [0.3, 0.4) is 0 Å². The first-order valence-corrected chi connectivity index (χ1v) is 11.8. The van der Waals surface area contributed by atoms with Crippen LogP contribution < -0.4 is 11.3 Å². The predicted molar refractivity (Wildman–Crippen MR) is 130 cm³/mol. The monoisotopic (exact) mass is 450 g/mol. The lowest BCUT2D eigenvalue weighted by molar-refractivity contribution is 0.175. The molecule has 2 N–H and O–H groups in total. The van der Waals surface area contributed by atoms with E-state index in [1.807, 2.05) is 47.0 Å². The van der Waals surface area contributed by atoms with E-state index in [4.69, 9.17) is 22.3 Å². The maximum atomic E-state index is 13.5. The number of rotatable bonds is 9. The Morgan fingerprint density at radius 3 is 2.53 bits per heavy atom. The molecule has 1 aliphatic carbocycles. The largest absolute Gasteiger partial charge is 0.329 e. The molecule has 0 fully saturated rings. The molecule has 168 valence electrons. The van der Waals surface area contributed by atoms with Crippen LogP contribution in [0.4, 0.5) is 0 Å². The highest BCUT2D eigenvalue weighted by molar-refractivity contribution is 6.30. The minimum atomic E-state index is -0.00320. The molecule has 1 aliphatic rings. The zero-order valence-corrected chi connectivity index (χ0v) is 19.4. The van der Waals surface area contributed by atoms with Gasteiger partial charge in [-0.25, -0.2) is 4.98 Å². The van der Waals surface area contributed by atoms with E-state index in [2.05, 4.69) is 24.0 Å². The molecule has 1 unspecified atom stereocenters. The van der Waals surface area contributed by atoms with Crippen molar-refractivity contribution in [2.45, 2.75) is 51.7 Å². The van der Waals surface area contributed by atoms with Gasteiger partial charge >= 0.3 is 0 Å². The lowest BCUT2D eigenvalue weighted by Gasteiger charge is -2.32. The molecule has 1 aromatic heterocycles. The summed E-state index contributed by atoms with van der Waals surface area (Å²) in [5.74, 6) is 0.851. The molecular formula is C26H31ClN4O. The van der Waals surface area contributed by atoms with Crippen molar-refractivity contribution in [3.63, 3.8) is 0 Å². The average Bonchev–Trinajstić information content (AvgIpc) is 3.28. The molecule has 0 amide bonds. The third kappa shape index (κ3) is 4.96. The van der Waals surface area contributed by atoms with Gasteiger partial charge < -0.3 is 5.73 Å². The molecule has 6 heteroatoms. The Morgan fingerprint density at radius 2 is 1.84 bits per heavy atom. The van der Waals surface area contributed by atoms with Crippen LogP contribution in [0.15, 0.2) is 59.4 Å². The second-order valence-corrected chi connectivity index (χ2v) is 8.87. The van der Waals surface area contributed by atoms with Crippen LogP contribution in [0, 0.1) is 0 Å². The van der Waals surface area contributed by atoms with Crippen LogP contribution in [-0.4, -0.2) is 27.5 Å². The zero-order valence-electron chi connectivity index (χ0n) is 18.6. The van der Waals surface area contributed by atoms with Gasteiger partial charge in [0.05, 0.1) is 18.3 Å². The van der Waals surface area contributed by atoms with E-state index in [-0.39, 0.29) is 11.6 Å². The Bertz CT molecular complexity index is 1100. The fourth-order valence-electron chi connectivity index (χ4n) is 4.66. The number of hydrogen-bond acceptors (Lipinski definition) is 4. The van der Waals surface area contributed by atoms with E-state index in [9.17, 15) is 4.79 Å². The summed E-state index contributed by atoms with van der Waals surface area (Å²) in [6, 6.07) is 18.1. The summed E-state index contributed by atoms with van der Waals surface area (Å²) in [6.07, 6.45) is 3.55. The third-order valence-corrected chi connectivity index (χ3v) is 6.49. The summed E-state index contributed by atoms with van der Waals surface area (Å²) < 4.78 is 1.90. The van der Waals surface area contributed by atoms with Gasteiger partial charge in [0.1, 0.15) is 5.82 Å². The highest BCUT2D eigenvalue weighted by Gasteiger charge is 2.28. The normalized spacial score (nSPS) is 14.0. The molecule has 0 aliphatic heterocycles. The Hall–Kier alpha value is -2.47. The van der Waals surface area contributed by atoms with Gasteiger partial charge in [-0.2, -0.15) is 0 Å².